The number of amides is 1. The highest BCUT2D eigenvalue weighted by Gasteiger charge is 2.36. The first-order valence-electron chi connectivity index (χ1n) is 6.24. The van der Waals surface area contributed by atoms with E-state index in [0.717, 1.165) is 6.07 Å². The molecule has 1 saturated heterocycles. The topological polar surface area (TPSA) is 72.9 Å². The van der Waals surface area contributed by atoms with Crippen LogP contribution in [0.4, 0.5) is 10.1 Å². The summed E-state index contributed by atoms with van der Waals surface area (Å²) < 4.78 is 23.1. The molecule has 1 unspecified atom stereocenters. The van der Waals surface area contributed by atoms with Gasteiger partial charge < -0.3 is 14.4 Å². The average Bonchev–Trinajstić information content (AvgIpc) is 2.87. The lowest BCUT2D eigenvalue weighted by atomic mass is 10.1. The van der Waals surface area contributed by atoms with Gasteiger partial charge in [-0.1, -0.05) is 0 Å². The Morgan fingerprint density at radius 1 is 1.29 bits per heavy atom. The van der Waals surface area contributed by atoms with Gasteiger partial charge in [-0.25, -0.2) is 9.18 Å². The normalized spacial score (nSPS) is 17.8. The van der Waals surface area contributed by atoms with Gasteiger partial charge >= 0.3 is 11.9 Å². The van der Waals surface area contributed by atoms with Gasteiger partial charge in [0.15, 0.2) is 0 Å². The van der Waals surface area contributed by atoms with Gasteiger partial charge in [-0.2, -0.15) is 0 Å². The van der Waals surface area contributed by atoms with E-state index in [1.807, 2.05) is 0 Å². The zero-order valence-electron chi connectivity index (χ0n) is 11.6. The minimum absolute atomic E-state index is 0.0229. The van der Waals surface area contributed by atoms with Crippen LogP contribution in [-0.4, -0.2) is 38.6 Å². The number of hydrogen-bond acceptors (Lipinski definition) is 5. The number of benzene rings is 1. The number of esters is 2. The Bertz CT molecular complexity index is 601. The van der Waals surface area contributed by atoms with Crippen molar-refractivity contribution in [2.45, 2.75) is 6.42 Å². The first kappa shape index (κ1) is 15.0. The predicted octanol–water partition coefficient (Wildman–Crippen LogP) is 1.14. The van der Waals surface area contributed by atoms with E-state index in [4.69, 9.17) is 0 Å². The molecule has 0 bridgehead atoms. The third-order valence-electron chi connectivity index (χ3n) is 3.32. The van der Waals surface area contributed by atoms with Crippen LogP contribution in [0, 0.1) is 11.7 Å². The molecule has 1 amide bonds. The number of nitrogens with zero attached hydrogens (tertiary/aromatic N) is 1. The van der Waals surface area contributed by atoms with Crippen molar-refractivity contribution in [3.63, 3.8) is 0 Å². The van der Waals surface area contributed by atoms with Gasteiger partial charge in [0.2, 0.25) is 5.91 Å². The van der Waals surface area contributed by atoms with Crippen LogP contribution in [0.25, 0.3) is 0 Å². The smallest absolute Gasteiger partial charge is 0.337 e. The lowest BCUT2D eigenvalue weighted by Crippen LogP contribution is -2.27. The van der Waals surface area contributed by atoms with Gasteiger partial charge in [0.1, 0.15) is 5.82 Å². The molecule has 0 saturated carbocycles. The fourth-order valence-corrected chi connectivity index (χ4v) is 2.24. The quantitative estimate of drug-likeness (QED) is 0.782. The van der Waals surface area contributed by atoms with Crippen molar-refractivity contribution in [2.24, 2.45) is 5.92 Å². The molecule has 1 aromatic rings. The number of ether oxygens (including phenoxy) is 2. The first-order chi connectivity index (χ1) is 9.97. The first-order valence-corrected chi connectivity index (χ1v) is 6.24. The third kappa shape index (κ3) is 2.86. The van der Waals surface area contributed by atoms with Crippen LogP contribution in [-0.2, 0) is 19.1 Å². The van der Waals surface area contributed by atoms with E-state index in [0.29, 0.717) is 0 Å². The Balaban J connectivity index is 2.25. The molecule has 1 aliphatic rings. The summed E-state index contributed by atoms with van der Waals surface area (Å²) in [7, 11) is 2.43. The van der Waals surface area contributed by atoms with Crippen molar-refractivity contribution >= 4 is 23.5 Å². The molecule has 1 aliphatic heterocycles. The maximum Gasteiger partial charge on any atom is 0.337 e. The maximum absolute atomic E-state index is 14.1. The summed E-state index contributed by atoms with van der Waals surface area (Å²) in [5.74, 6) is -2.87. The van der Waals surface area contributed by atoms with E-state index in [9.17, 15) is 18.8 Å². The molecule has 0 N–H and O–H groups in total. The molecule has 0 aromatic heterocycles. The zero-order chi connectivity index (χ0) is 15.6. The van der Waals surface area contributed by atoms with Crippen LogP contribution in [0.5, 0.6) is 0 Å². The zero-order valence-corrected chi connectivity index (χ0v) is 11.6. The van der Waals surface area contributed by atoms with Gasteiger partial charge in [-0.3, -0.25) is 9.59 Å². The van der Waals surface area contributed by atoms with E-state index in [-0.39, 0.29) is 30.1 Å². The number of methoxy groups -OCH3 is 2. The molecule has 0 aliphatic carbocycles. The fraction of sp³-hybridized carbons (Fsp3) is 0.357. The van der Waals surface area contributed by atoms with Crippen molar-refractivity contribution in [3.8, 4) is 0 Å². The van der Waals surface area contributed by atoms with Crippen molar-refractivity contribution in [1.82, 2.24) is 0 Å². The van der Waals surface area contributed by atoms with Gasteiger partial charge in [-0.05, 0) is 18.2 Å². The number of carbonyl (C=O) groups excluding carboxylic acids is 3. The third-order valence-corrected chi connectivity index (χ3v) is 3.32. The molecule has 1 atom stereocenters. The summed E-state index contributed by atoms with van der Waals surface area (Å²) in [6.45, 7) is 0.0556. The molecular formula is C14H14FNO5. The Kier molecular flexibility index (Phi) is 4.21. The molecule has 2 rings (SSSR count). The van der Waals surface area contributed by atoms with Gasteiger partial charge in [0, 0.05) is 13.0 Å². The summed E-state index contributed by atoms with van der Waals surface area (Å²) in [6.07, 6.45) is -0.0229. The SMILES string of the molecule is COC(=O)c1ccc(N2CC(C(=O)OC)CC2=O)c(F)c1. The summed E-state index contributed by atoms with van der Waals surface area (Å²) in [5.41, 5.74) is 0.0777. The number of halogens is 1. The van der Waals surface area contributed by atoms with Crippen molar-refractivity contribution < 1.29 is 28.2 Å². The molecule has 7 heteroatoms. The second kappa shape index (κ2) is 5.90. The van der Waals surface area contributed by atoms with E-state index in [1.165, 1.54) is 31.3 Å². The summed E-state index contributed by atoms with van der Waals surface area (Å²) in [6, 6.07) is 3.68. The molecule has 0 radical (unpaired) electrons. The Morgan fingerprint density at radius 2 is 2.00 bits per heavy atom. The predicted molar refractivity (Wildman–Crippen MR) is 70.2 cm³/mol. The Labute approximate surface area is 120 Å². The van der Waals surface area contributed by atoms with Crippen LogP contribution >= 0.6 is 0 Å². The Hall–Kier alpha value is -2.44. The summed E-state index contributed by atoms with van der Waals surface area (Å²) in [5, 5.41) is 0. The van der Waals surface area contributed by atoms with Crippen molar-refractivity contribution in [2.75, 3.05) is 25.7 Å². The van der Waals surface area contributed by atoms with Crippen LogP contribution in [0.1, 0.15) is 16.8 Å². The lowest BCUT2D eigenvalue weighted by Gasteiger charge is -2.17. The van der Waals surface area contributed by atoms with E-state index >= 15 is 0 Å². The highest BCUT2D eigenvalue weighted by Crippen LogP contribution is 2.28. The number of anilines is 1. The molecule has 21 heavy (non-hydrogen) atoms. The van der Waals surface area contributed by atoms with Crippen molar-refractivity contribution in [1.29, 1.82) is 0 Å². The van der Waals surface area contributed by atoms with E-state index < -0.39 is 23.7 Å². The largest absolute Gasteiger partial charge is 0.469 e. The van der Waals surface area contributed by atoms with Gasteiger partial charge in [0.05, 0.1) is 31.4 Å². The molecule has 6 nitrogen and oxygen atoms in total. The number of rotatable bonds is 3. The number of carbonyl (C=O) groups is 3. The van der Waals surface area contributed by atoms with Crippen LogP contribution in [0.3, 0.4) is 0 Å². The standard InChI is InChI=1S/C14H14FNO5/c1-20-13(18)8-3-4-11(10(15)5-8)16-7-9(6-12(16)17)14(19)21-2/h3-5,9H,6-7H2,1-2H3. The van der Waals surface area contributed by atoms with Gasteiger partial charge in [-0.15, -0.1) is 0 Å². The highest BCUT2D eigenvalue weighted by molar-refractivity contribution is 6.00. The molecule has 1 heterocycles. The van der Waals surface area contributed by atoms with Crippen LogP contribution in [0.2, 0.25) is 0 Å². The van der Waals surface area contributed by atoms with Crippen molar-refractivity contribution in [3.05, 3.63) is 29.6 Å². The van der Waals surface area contributed by atoms with Crippen LogP contribution in [0.15, 0.2) is 18.2 Å². The monoisotopic (exact) mass is 295 g/mol. The van der Waals surface area contributed by atoms with Gasteiger partial charge in [0.25, 0.3) is 0 Å². The number of hydrogen-bond donors (Lipinski definition) is 0. The molecule has 112 valence electrons. The Morgan fingerprint density at radius 3 is 2.57 bits per heavy atom. The molecular weight excluding hydrogens is 281 g/mol. The summed E-state index contributed by atoms with van der Waals surface area (Å²) >= 11 is 0. The highest BCUT2D eigenvalue weighted by atomic mass is 19.1. The average molecular weight is 295 g/mol. The fourth-order valence-electron chi connectivity index (χ4n) is 2.24. The summed E-state index contributed by atoms with van der Waals surface area (Å²) in [4.78, 5) is 35.8. The minimum Gasteiger partial charge on any atom is -0.469 e. The van der Waals surface area contributed by atoms with E-state index in [1.54, 1.807) is 0 Å². The molecule has 1 fully saturated rings. The lowest BCUT2D eigenvalue weighted by molar-refractivity contribution is -0.145. The molecule has 1 aromatic carbocycles. The second-order valence-corrected chi connectivity index (χ2v) is 4.59. The second-order valence-electron chi connectivity index (χ2n) is 4.59. The maximum atomic E-state index is 14.1. The van der Waals surface area contributed by atoms with E-state index in [2.05, 4.69) is 9.47 Å². The van der Waals surface area contributed by atoms with Crippen LogP contribution < -0.4 is 4.90 Å². The minimum atomic E-state index is -0.725. The molecule has 0 spiro atoms.